The fourth-order valence-electron chi connectivity index (χ4n) is 5.06. The van der Waals surface area contributed by atoms with Crippen molar-refractivity contribution < 1.29 is 4.79 Å². The van der Waals surface area contributed by atoms with Gasteiger partial charge in [-0.05, 0) is 43.5 Å². The molecule has 2 amide bonds. The topological polar surface area (TPSA) is 50.9 Å². The molecule has 1 saturated carbocycles. The molecule has 3 aliphatic rings. The lowest BCUT2D eigenvalue weighted by Gasteiger charge is -2.38. The van der Waals surface area contributed by atoms with Crippen LogP contribution in [0.3, 0.4) is 0 Å². The van der Waals surface area contributed by atoms with Crippen molar-refractivity contribution in [1.82, 2.24) is 20.4 Å². The van der Waals surface area contributed by atoms with Crippen molar-refractivity contribution in [3.05, 3.63) is 29.3 Å². The molecular weight excluding hydrogens is 362 g/mol. The number of piperazine rings is 1. The maximum atomic E-state index is 12.6. The zero-order valence-electron chi connectivity index (χ0n) is 18.1. The molecule has 0 bridgehead atoms. The smallest absolute Gasteiger partial charge is 0.315 e. The number of amides is 2. The van der Waals surface area contributed by atoms with E-state index in [4.69, 9.17) is 0 Å². The van der Waals surface area contributed by atoms with E-state index in [1.165, 1.54) is 36.1 Å². The molecule has 29 heavy (non-hydrogen) atoms. The van der Waals surface area contributed by atoms with Crippen molar-refractivity contribution >= 4 is 11.7 Å². The molecule has 1 aromatic rings. The van der Waals surface area contributed by atoms with E-state index in [9.17, 15) is 4.79 Å². The highest BCUT2D eigenvalue weighted by Crippen LogP contribution is 2.31. The predicted molar refractivity (Wildman–Crippen MR) is 119 cm³/mol. The maximum Gasteiger partial charge on any atom is 0.315 e. The lowest BCUT2D eigenvalue weighted by Crippen LogP contribution is -2.50. The van der Waals surface area contributed by atoms with Crippen LogP contribution in [0.25, 0.3) is 0 Å². The summed E-state index contributed by atoms with van der Waals surface area (Å²) >= 11 is 0. The summed E-state index contributed by atoms with van der Waals surface area (Å²) in [5, 5.41) is 6.40. The van der Waals surface area contributed by atoms with E-state index in [0.29, 0.717) is 12.6 Å². The first kappa shape index (κ1) is 20.5. The summed E-state index contributed by atoms with van der Waals surface area (Å²) in [7, 11) is 4.36. The van der Waals surface area contributed by atoms with Gasteiger partial charge < -0.3 is 20.4 Å². The third-order valence-corrected chi connectivity index (χ3v) is 6.99. The molecule has 2 fully saturated rings. The molecule has 1 unspecified atom stereocenters. The molecule has 4 rings (SSSR count). The first-order chi connectivity index (χ1) is 14.1. The molecule has 6 nitrogen and oxygen atoms in total. The summed E-state index contributed by atoms with van der Waals surface area (Å²) in [4.78, 5) is 19.8. The Labute approximate surface area is 175 Å². The number of nitrogens with one attached hydrogen (secondary N) is 2. The largest absolute Gasteiger partial charge is 0.374 e. The maximum absolute atomic E-state index is 12.6. The molecule has 1 aromatic carbocycles. The predicted octanol–water partition coefficient (Wildman–Crippen LogP) is 2.60. The number of anilines is 1. The van der Waals surface area contributed by atoms with Gasteiger partial charge in [0.25, 0.3) is 0 Å². The number of rotatable bonds is 5. The number of nitrogens with zero attached hydrogens (tertiary/aromatic N) is 3. The molecule has 2 heterocycles. The second kappa shape index (κ2) is 9.35. The summed E-state index contributed by atoms with van der Waals surface area (Å²) in [6.45, 7) is 6.02. The lowest BCUT2D eigenvalue weighted by molar-refractivity contribution is 0.111. The number of fused-ring (bicyclic) bond motifs is 1. The monoisotopic (exact) mass is 399 g/mol. The van der Waals surface area contributed by atoms with Crippen LogP contribution in [0.5, 0.6) is 0 Å². The van der Waals surface area contributed by atoms with Crippen molar-refractivity contribution in [1.29, 1.82) is 0 Å². The number of hydrogen-bond acceptors (Lipinski definition) is 4. The Hall–Kier alpha value is -1.79. The molecule has 1 atom stereocenters. The third kappa shape index (κ3) is 5.04. The van der Waals surface area contributed by atoms with Crippen LogP contribution in [-0.4, -0.2) is 75.2 Å². The number of carbonyl (C=O) groups is 1. The number of carbonyl (C=O) groups excluding carboxylic acids is 1. The molecular formula is C23H37N5O. The molecule has 0 spiro atoms. The molecule has 1 aliphatic carbocycles. The Morgan fingerprint density at radius 1 is 1.07 bits per heavy atom. The van der Waals surface area contributed by atoms with Gasteiger partial charge in [0.05, 0.1) is 6.04 Å². The van der Waals surface area contributed by atoms with Crippen LogP contribution >= 0.6 is 0 Å². The number of likely N-dealkylation sites (N-methyl/N-ethyl adjacent to an activating group) is 2. The highest BCUT2D eigenvalue weighted by atomic mass is 16.2. The second-order valence-corrected chi connectivity index (χ2v) is 9.10. The van der Waals surface area contributed by atoms with Gasteiger partial charge in [-0.3, -0.25) is 4.90 Å². The quantitative estimate of drug-likeness (QED) is 0.799. The summed E-state index contributed by atoms with van der Waals surface area (Å²) in [5.41, 5.74) is 4.13. The van der Waals surface area contributed by atoms with Crippen LogP contribution in [0.15, 0.2) is 18.2 Å². The van der Waals surface area contributed by atoms with Crippen molar-refractivity contribution in [2.24, 2.45) is 0 Å². The van der Waals surface area contributed by atoms with Crippen LogP contribution in [-0.2, 0) is 6.42 Å². The SMILES string of the molecule is CN1CCN(C(CNC(=O)NC2CCCCC2)c2ccc3c(c2)CCN3C)CC1. The summed E-state index contributed by atoms with van der Waals surface area (Å²) in [6, 6.07) is 7.49. The average Bonchev–Trinajstić information content (AvgIpc) is 3.10. The van der Waals surface area contributed by atoms with Gasteiger partial charge in [0.15, 0.2) is 0 Å². The molecule has 2 aliphatic heterocycles. The van der Waals surface area contributed by atoms with Crippen molar-refractivity contribution in [3.63, 3.8) is 0 Å². The van der Waals surface area contributed by atoms with Gasteiger partial charge in [0, 0.05) is 58.0 Å². The van der Waals surface area contributed by atoms with E-state index in [1.807, 2.05) is 0 Å². The van der Waals surface area contributed by atoms with E-state index in [0.717, 1.165) is 52.0 Å². The van der Waals surface area contributed by atoms with Gasteiger partial charge in [-0.2, -0.15) is 0 Å². The highest BCUT2D eigenvalue weighted by molar-refractivity contribution is 5.74. The van der Waals surface area contributed by atoms with Crippen LogP contribution < -0.4 is 15.5 Å². The minimum Gasteiger partial charge on any atom is -0.374 e. The Balaban J connectivity index is 1.43. The van der Waals surface area contributed by atoms with E-state index in [2.05, 4.69) is 57.6 Å². The van der Waals surface area contributed by atoms with Crippen LogP contribution in [0.2, 0.25) is 0 Å². The van der Waals surface area contributed by atoms with Crippen molar-refractivity contribution in [3.8, 4) is 0 Å². The normalized spacial score (nSPS) is 22.3. The standard InChI is InChI=1S/C23H37N5O/c1-26-12-14-28(15-13-26)22(17-24-23(29)25-20-6-4-3-5-7-20)18-8-9-21-19(16-18)10-11-27(21)2/h8-9,16,20,22H,3-7,10-15,17H2,1-2H3,(H2,24,25,29). The zero-order valence-corrected chi connectivity index (χ0v) is 18.1. The van der Waals surface area contributed by atoms with E-state index in [1.54, 1.807) is 0 Å². The third-order valence-electron chi connectivity index (χ3n) is 6.99. The second-order valence-electron chi connectivity index (χ2n) is 9.10. The van der Waals surface area contributed by atoms with Crippen LogP contribution in [0, 0.1) is 0 Å². The minimum atomic E-state index is -0.00285. The molecule has 2 N–H and O–H groups in total. The fraction of sp³-hybridized carbons (Fsp3) is 0.696. The molecule has 1 saturated heterocycles. The molecule has 160 valence electrons. The summed E-state index contributed by atoms with van der Waals surface area (Å²) < 4.78 is 0. The number of hydrogen-bond donors (Lipinski definition) is 2. The Kier molecular flexibility index (Phi) is 6.60. The van der Waals surface area contributed by atoms with Crippen LogP contribution in [0.4, 0.5) is 10.5 Å². The Morgan fingerprint density at radius 2 is 1.83 bits per heavy atom. The van der Waals surface area contributed by atoms with Crippen LogP contribution in [0.1, 0.15) is 49.3 Å². The van der Waals surface area contributed by atoms with E-state index in [-0.39, 0.29) is 12.1 Å². The van der Waals surface area contributed by atoms with Gasteiger partial charge in [0.1, 0.15) is 0 Å². The molecule has 6 heteroatoms. The van der Waals surface area contributed by atoms with Gasteiger partial charge in [-0.25, -0.2) is 4.79 Å². The molecule has 0 radical (unpaired) electrons. The first-order valence-electron chi connectivity index (χ1n) is 11.4. The van der Waals surface area contributed by atoms with Gasteiger partial charge in [-0.1, -0.05) is 31.4 Å². The first-order valence-corrected chi connectivity index (χ1v) is 11.4. The summed E-state index contributed by atoms with van der Waals surface area (Å²) in [5.74, 6) is 0. The fourth-order valence-corrected chi connectivity index (χ4v) is 5.06. The Morgan fingerprint density at radius 3 is 2.59 bits per heavy atom. The minimum absolute atomic E-state index is 0.00285. The Bertz CT molecular complexity index is 695. The number of urea groups is 1. The zero-order chi connectivity index (χ0) is 20.2. The van der Waals surface area contributed by atoms with Gasteiger partial charge in [-0.15, -0.1) is 0 Å². The van der Waals surface area contributed by atoms with Crippen molar-refractivity contribution in [2.45, 2.75) is 50.6 Å². The van der Waals surface area contributed by atoms with E-state index >= 15 is 0 Å². The van der Waals surface area contributed by atoms with Crippen molar-refractivity contribution in [2.75, 3.05) is 58.3 Å². The van der Waals surface area contributed by atoms with Gasteiger partial charge in [0.2, 0.25) is 0 Å². The average molecular weight is 400 g/mol. The lowest BCUT2D eigenvalue weighted by atomic mass is 9.96. The highest BCUT2D eigenvalue weighted by Gasteiger charge is 2.26. The summed E-state index contributed by atoms with van der Waals surface area (Å²) in [6.07, 6.45) is 7.13. The van der Waals surface area contributed by atoms with E-state index < -0.39 is 0 Å². The van der Waals surface area contributed by atoms with Gasteiger partial charge >= 0.3 is 6.03 Å². The number of benzene rings is 1. The molecule has 0 aromatic heterocycles.